The lowest BCUT2D eigenvalue weighted by Crippen LogP contribution is -2.62. The van der Waals surface area contributed by atoms with Crippen LogP contribution >= 0.6 is 0 Å². The third-order valence-electron chi connectivity index (χ3n) is 14.4. The minimum atomic E-state index is -1.46. The summed E-state index contributed by atoms with van der Waals surface area (Å²) in [6.45, 7) is 14.1. The summed E-state index contributed by atoms with van der Waals surface area (Å²) in [5.74, 6) is -2.95. The van der Waals surface area contributed by atoms with Gasteiger partial charge in [-0.1, -0.05) is 33.8 Å². The molecule has 5 fully saturated rings. The molecule has 0 bridgehead atoms. The van der Waals surface area contributed by atoms with Gasteiger partial charge in [-0.2, -0.15) is 0 Å². The maximum atomic E-state index is 14.0. The molecule has 0 aromatic heterocycles. The Morgan fingerprint density at radius 3 is 2.33 bits per heavy atom. The number of allylic oxidation sites excluding steroid dienone is 1. The molecule has 2 spiro atoms. The highest BCUT2D eigenvalue weighted by Crippen LogP contribution is 2.86. The lowest BCUT2D eigenvalue weighted by molar-refractivity contribution is -0.300. The summed E-state index contributed by atoms with van der Waals surface area (Å²) in [6.07, 6.45) is -0.534. The molecule has 14 unspecified atom stereocenters. The number of carboxylic acid groups (broad SMARTS) is 1. The summed E-state index contributed by atoms with van der Waals surface area (Å²) in [5.41, 5.74) is -3.71. The number of ether oxygens (including phenoxy) is 4. The molecule has 276 valence electrons. The van der Waals surface area contributed by atoms with Gasteiger partial charge in [0.15, 0.2) is 12.4 Å². The van der Waals surface area contributed by atoms with Gasteiger partial charge in [-0.15, -0.1) is 0 Å². The molecule has 6 aliphatic rings. The van der Waals surface area contributed by atoms with Crippen LogP contribution in [0, 0.1) is 44.8 Å². The van der Waals surface area contributed by atoms with Gasteiger partial charge in [0.25, 0.3) is 0 Å². The maximum Gasteiger partial charge on any atom is 0.314 e. The molecule has 3 saturated carbocycles. The first-order valence-electron chi connectivity index (χ1n) is 17.9. The van der Waals surface area contributed by atoms with Gasteiger partial charge >= 0.3 is 17.9 Å². The monoisotopic (exact) mass is 692 g/mol. The van der Waals surface area contributed by atoms with Crippen LogP contribution in [0.5, 0.6) is 0 Å². The Kier molecular flexibility index (Phi) is 8.77. The molecular formula is C37H56O12. The number of esters is 2. The summed E-state index contributed by atoms with van der Waals surface area (Å²) in [5, 5.41) is 52.7. The number of rotatable bonds is 7. The van der Waals surface area contributed by atoms with Crippen LogP contribution in [-0.4, -0.2) is 98.6 Å². The second-order valence-electron chi connectivity index (χ2n) is 17.8. The van der Waals surface area contributed by atoms with Gasteiger partial charge in [0.05, 0.1) is 29.6 Å². The summed E-state index contributed by atoms with van der Waals surface area (Å²) >= 11 is 0. The topological polar surface area (TPSA) is 189 Å². The standard InChI is InChI=1S/C37H56O12/c1-18-15-21(28(33(5,6)45)47-19(2)38)48-29(42)25(18)34(7)13-14-37-17-36(37)12-11-24(49-30-27(41)26(40)20(39)16-46-30)32(3,4)22(36)9-10-23(37)35(34,8)31(43)44/h10,18,20-22,24-28,30,39-41,45H,9,11-17H2,1-8H3,(H,43,44). The first kappa shape index (κ1) is 36.7. The van der Waals surface area contributed by atoms with E-state index in [9.17, 15) is 39.9 Å². The van der Waals surface area contributed by atoms with Crippen LogP contribution in [-0.2, 0) is 33.3 Å². The predicted octanol–water partition coefficient (Wildman–Crippen LogP) is 3.11. The molecule has 2 heterocycles. The van der Waals surface area contributed by atoms with Crippen molar-refractivity contribution in [3.63, 3.8) is 0 Å². The van der Waals surface area contributed by atoms with Crippen LogP contribution in [0.2, 0.25) is 0 Å². The van der Waals surface area contributed by atoms with Crippen LogP contribution in [0.3, 0.4) is 0 Å². The fourth-order valence-electron chi connectivity index (χ4n) is 11.7. The smallest absolute Gasteiger partial charge is 0.314 e. The average molecular weight is 693 g/mol. The van der Waals surface area contributed by atoms with E-state index < -0.39 is 77.1 Å². The maximum absolute atomic E-state index is 14.0. The zero-order valence-corrected chi connectivity index (χ0v) is 30.1. The number of carbonyl (C=O) groups excluding carboxylic acids is 2. The van der Waals surface area contributed by atoms with E-state index in [-0.39, 0.29) is 40.8 Å². The molecule has 4 aliphatic carbocycles. The Balaban J connectivity index is 1.28. The summed E-state index contributed by atoms with van der Waals surface area (Å²) in [6, 6.07) is 0. The SMILES string of the molecule is CC(=O)OC(C1CC(C)C(C2(C)CCC34CC35CCC(OC3OCC(O)C(O)C3O)C(C)(C)C5CC=C4C2(C)C(=O)O)C(=O)O1)C(C)(C)O. The zero-order valence-electron chi connectivity index (χ0n) is 30.1. The van der Waals surface area contributed by atoms with E-state index in [0.717, 1.165) is 24.8 Å². The number of aliphatic hydroxyl groups is 4. The Hall–Kier alpha value is -2.09. The highest BCUT2D eigenvalue weighted by Gasteiger charge is 2.81. The molecule has 0 amide bonds. The molecule has 49 heavy (non-hydrogen) atoms. The predicted molar refractivity (Wildman–Crippen MR) is 173 cm³/mol. The molecule has 6 rings (SSSR count). The zero-order chi connectivity index (χ0) is 36.3. The van der Waals surface area contributed by atoms with Crippen LogP contribution in [0.15, 0.2) is 11.6 Å². The normalized spacial score (nSPS) is 48.1. The fourth-order valence-corrected chi connectivity index (χ4v) is 11.7. The van der Waals surface area contributed by atoms with Crippen LogP contribution in [0.4, 0.5) is 0 Å². The Morgan fingerprint density at radius 2 is 1.73 bits per heavy atom. The highest BCUT2D eigenvalue weighted by molar-refractivity contribution is 5.84. The first-order valence-corrected chi connectivity index (χ1v) is 17.9. The van der Waals surface area contributed by atoms with Gasteiger partial charge in [0, 0.05) is 12.3 Å². The summed E-state index contributed by atoms with van der Waals surface area (Å²) in [4.78, 5) is 39.6. The molecule has 5 N–H and O–H groups in total. The van der Waals surface area contributed by atoms with E-state index in [1.165, 1.54) is 20.8 Å². The third-order valence-corrected chi connectivity index (χ3v) is 14.4. The van der Waals surface area contributed by atoms with E-state index in [1.54, 1.807) is 6.92 Å². The number of hydrogen-bond acceptors (Lipinski definition) is 11. The molecule has 0 aromatic rings. The van der Waals surface area contributed by atoms with E-state index in [0.29, 0.717) is 25.7 Å². The van der Waals surface area contributed by atoms with E-state index >= 15 is 0 Å². The Bertz CT molecular complexity index is 1400. The van der Waals surface area contributed by atoms with E-state index in [2.05, 4.69) is 19.9 Å². The second kappa shape index (κ2) is 11.7. The van der Waals surface area contributed by atoms with Gasteiger partial charge < -0.3 is 44.5 Å². The molecule has 12 heteroatoms. The molecule has 2 aliphatic heterocycles. The van der Waals surface area contributed by atoms with Crippen molar-refractivity contribution in [3.8, 4) is 0 Å². The van der Waals surface area contributed by atoms with Crippen LogP contribution in [0.1, 0.15) is 100 Å². The molecule has 12 nitrogen and oxygen atoms in total. The van der Waals surface area contributed by atoms with Crippen molar-refractivity contribution in [2.75, 3.05) is 6.61 Å². The van der Waals surface area contributed by atoms with Crippen molar-refractivity contribution in [3.05, 3.63) is 11.6 Å². The lowest BCUT2D eigenvalue weighted by Gasteiger charge is -2.61. The number of aliphatic hydroxyl groups excluding tert-OH is 3. The quantitative estimate of drug-likeness (QED) is 0.194. The summed E-state index contributed by atoms with van der Waals surface area (Å²) in [7, 11) is 0. The van der Waals surface area contributed by atoms with E-state index in [4.69, 9.17) is 18.9 Å². The second-order valence-corrected chi connectivity index (χ2v) is 17.8. The van der Waals surface area contributed by atoms with Crippen LogP contribution < -0.4 is 0 Å². The van der Waals surface area contributed by atoms with Crippen molar-refractivity contribution in [1.29, 1.82) is 0 Å². The number of carbonyl (C=O) groups is 3. The number of hydrogen-bond donors (Lipinski definition) is 5. The molecule has 2 saturated heterocycles. The van der Waals surface area contributed by atoms with Crippen molar-refractivity contribution in [2.24, 2.45) is 44.8 Å². The van der Waals surface area contributed by atoms with Gasteiger partial charge in [-0.3, -0.25) is 14.4 Å². The minimum absolute atomic E-state index is 0.131. The molecular weight excluding hydrogens is 636 g/mol. The van der Waals surface area contributed by atoms with Gasteiger partial charge in [-0.25, -0.2) is 0 Å². The largest absolute Gasteiger partial charge is 0.481 e. The van der Waals surface area contributed by atoms with E-state index in [1.807, 2.05) is 13.8 Å². The lowest BCUT2D eigenvalue weighted by atomic mass is 9.42. The minimum Gasteiger partial charge on any atom is -0.481 e. The summed E-state index contributed by atoms with van der Waals surface area (Å²) < 4.78 is 23.4. The molecule has 0 radical (unpaired) electrons. The van der Waals surface area contributed by atoms with Crippen LogP contribution in [0.25, 0.3) is 0 Å². The van der Waals surface area contributed by atoms with Gasteiger partial charge in [-0.05, 0) is 99.4 Å². The highest BCUT2D eigenvalue weighted by atomic mass is 16.7. The number of carboxylic acids is 1. The molecule has 0 aromatic carbocycles. The molecule has 14 atom stereocenters. The first-order chi connectivity index (χ1) is 22.6. The number of cyclic esters (lactones) is 1. The fraction of sp³-hybridized carbons (Fsp3) is 0.865. The van der Waals surface area contributed by atoms with Crippen molar-refractivity contribution in [1.82, 2.24) is 0 Å². The van der Waals surface area contributed by atoms with Gasteiger partial charge in [0.2, 0.25) is 0 Å². The Morgan fingerprint density at radius 1 is 1.06 bits per heavy atom. The van der Waals surface area contributed by atoms with Crippen molar-refractivity contribution >= 4 is 17.9 Å². The van der Waals surface area contributed by atoms with Crippen molar-refractivity contribution < 1.29 is 58.9 Å². The Labute approximate surface area is 288 Å². The average Bonchev–Trinajstić information content (AvgIpc) is 3.66. The van der Waals surface area contributed by atoms with Gasteiger partial charge in [0.1, 0.15) is 24.4 Å². The van der Waals surface area contributed by atoms with Crippen molar-refractivity contribution in [2.45, 2.75) is 149 Å². The third kappa shape index (κ3) is 5.17. The number of aliphatic carboxylic acids is 1.